The molecule has 0 saturated heterocycles. The maximum atomic E-state index is 11.7. The maximum absolute atomic E-state index is 11.7. The fourth-order valence-electron chi connectivity index (χ4n) is 1.26. The van der Waals surface area contributed by atoms with Crippen LogP contribution in [0.4, 0.5) is 0 Å². The highest BCUT2D eigenvalue weighted by atomic mass is 35.5. The van der Waals surface area contributed by atoms with Crippen LogP contribution in [0.15, 0.2) is 12.1 Å². The number of halogens is 1. The summed E-state index contributed by atoms with van der Waals surface area (Å²) >= 11 is 1.58. The first-order valence-electron chi connectivity index (χ1n) is 5.23. The van der Waals surface area contributed by atoms with E-state index in [0.717, 1.165) is 11.4 Å². The lowest BCUT2D eigenvalue weighted by Crippen LogP contribution is -2.37. The summed E-state index contributed by atoms with van der Waals surface area (Å²) in [5, 5.41) is 3.31. The zero-order valence-corrected chi connectivity index (χ0v) is 11.9. The number of hydrogen-bond acceptors (Lipinski definition) is 3. The van der Waals surface area contributed by atoms with Gasteiger partial charge in [0.1, 0.15) is 0 Å². The number of nitrogens with one attached hydrogen (secondary N) is 1. The van der Waals surface area contributed by atoms with Crippen molar-refractivity contribution in [2.45, 2.75) is 39.7 Å². The second-order valence-electron chi connectivity index (χ2n) is 4.76. The molecule has 0 aliphatic rings. The molecule has 0 saturated carbocycles. The Kier molecular flexibility index (Phi) is 6.23. The van der Waals surface area contributed by atoms with E-state index in [0.29, 0.717) is 6.42 Å². The summed E-state index contributed by atoms with van der Waals surface area (Å²) in [5.41, 5.74) is 0.0889. The fourth-order valence-corrected chi connectivity index (χ4v) is 2.09. The van der Waals surface area contributed by atoms with Crippen LogP contribution in [0.25, 0.3) is 0 Å². The lowest BCUT2D eigenvalue weighted by atomic mass is 10.1. The second kappa shape index (κ2) is 6.38. The minimum absolute atomic E-state index is 0. The predicted molar refractivity (Wildman–Crippen MR) is 73.0 cm³/mol. The van der Waals surface area contributed by atoms with Gasteiger partial charge in [0.25, 0.3) is 0 Å². The van der Waals surface area contributed by atoms with Crippen LogP contribution in [-0.2, 0) is 0 Å². The van der Waals surface area contributed by atoms with Crippen molar-refractivity contribution < 1.29 is 4.79 Å². The van der Waals surface area contributed by atoms with E-state index in [1.54, 1.807) is 11.3 Å². The van der Waals surface area contributed by atoms with E-state index in [4.69, 9.17) is 0 Å². The molecule has 1 N–H and O–H groups in total. The molecule has 0 aliphatic heterocycles. The third-order valence-corrected chi connectivity index (χ3v) is 3.06. The van der Waals surface area contributed by atoms with Crippen LogP contribution in [0.1, 0.15) is 41.7 Å². The van der Waals surface area contributed by atoms with Crippen LogP contribution in [0.5, 0.6) is 0 Å². The van der Waals surface area contributed by atoms with Crippen molar-refractivity contribution in [3.63, 3.8) is 0 Å². The molecule has 0 spiro atoms. The van der Waals surface area contributed by atoms with Crippen molar-refractivity contribution in [2.75, 3.05) is 6.54 Å². The highest BCUT2D eigenvalue weighted by Gasteiger charge is 2.11. The molecule has 92 valence electrons. The van der Waals surface area contributed by atoms with Crippen molar-refractivity contribution in [3.05, 3.63) is 21.9 Å². The first-order valence-corrected chi connectivity index (χ1v) is 6.05. The number of carbonyl (C=O) groups is 1. The second-order valence-corrected chi connectivity index (χ2v) is 6.05. The van der Waals surface area contributed by atoms with Gasteiger partial charge in [-0.05, 0) is 39.8 Å². The third kappa shape index (κ3) is 5.64. The summed E-state index contributed by atoms with van der Waals surface area (Å²) < 4.78 is 0. The van der Waals surface area contributed by atoms with Gasteiger partial charge in [0.2, 0.25) is 0 Å². The zero-order chi connectivity index (χ0) is 11.5. The van der Waals surface area contributed by atoms with Crippen LogP contribution in [-0.4, -0.2) is 17.9 Å². The molecular weight excluding hydrogens is 242 g/mol. The van der Waals surface area contributed by atoms with E-state index in [1.165, 1.54) is 4.88 Å². The van der Waals surface area contributed by atoms with E-state index in [9.17, 15) is 4.79 Å². The van der Waals surface area contributed by atoms with Gasteiger partial charge in [-0.3, -0.25) is 4.79 Å². The summed E-state index contributed by atoms with van der Waals surface area (Å²) in [6, 6.07) is 3.91. The lowest BCUT2D eigenvalue weighted by Gasteiger charge is -2.19. The smallest absolute Gasteiger partial charge is 0.174 e. The average Bonchev–Trinajstić information content (AvgIpc) is 2.49. The summed E-state index contributed by atoms with van der Waals surface area (Å²) in [4.78, 5) is 13.8. The molecule has 1 heterocycles. The normalized spacial score (nSPS) is 11.0. The lowest BCUT2D eigenvalue weighted by molar-refractivity contribution is 0.0984. The van der Waals surface area contributed by atoms with E-state index in [2.05, 4.69) is 26.1 Å². The minimum atomic E-state index is 0. The van der Waals surface area contributed by atoms with Crippen molar-refractivity contribution in [3.8, 4) is 0 Å². The molecule has 1 aromatic rings. The molecule has 0 amide bonds. The molecule has 0 radical (unpaired) electrons. The van der Waals surface area contributed by atoms with Crippen molar-refractivity contribution in [1.82, 2.24) is 5.32 Å². The van der Waals surface area contributed by atoms with Crippen molar-refractivity contribution >= 4 is 29.5 Å². The van der Waals surface area contributed by atoms with Gasteiger partial charge < -0.3 is 5.32 Å². The van der Waals surface area contributed by atoms with Gasteiger partial charge in [0, 0.05) is 23.4 Å². The number of carbonyl (C=O) groups excluding carboxylic acids is 1. The molecule has 2 nitrogen and oxygen atoms in total. The first kappa shape index (κ1) is 15.6. The van der Waals surface area contributed by atoms with E-state index in [1.807, 2.05) is 19.1 Å². The van der Waals surface area contributed by atoms with Crippen LogP contribution in [0.3, 0.4) is 0 Å². The number of rotatable bonds is 4. The molecule has 1 rings (SSSR count). The number of hydrogen-bond donors (Lipinski definition) is 1. The Labute approximate surface area is 108 Å². The van der Waals surface area contributed by atoms with Crippen molar-refractivity contribution in [2.24, 2.45) is 0 Å². The Hall–Kier alpha value is -0.380. The summed E-state index contributed by atoms with van der Waals surface area (Å²) in [6.07, 6.45) is 0.581. The summed E-state index contributed by atoms with van der Waals surface area (Å²) in [7, 11) is 0. The topological polar surface area (TPSA) is 29.1 Å². The standard InChI is InChI=1S/C12H19NOS.ClH/c1-9-5-6-11(15-9)10(14)7-8-13-12(2,3)4;/h5-6,13H,7-8H2,1-4H3;1H. The third-order valence-electron chi connectivity index (χ3n) is 2.02. The Morgan fingerprint density at radius 1 is 1.38 bits per heavy atom. The molecule has 0 aliphatic carbocycles. The number of aryl methyl sites for hydroxylation is 1. The molecule has 0 atom stereocenters. The van der Waals surface area contributed by atoms with Crippen LogP contribution in [0.2, 0.25) is 0 Å². The van der Waals surface area contributed by atoms with Gasteiger partial charge >= 0.3 is 0 Å². The molecular formula is C12H20ClNOS. The number of thiophene rings is 1. The molecule has 0 fully saturated rings. The highest BCUT2D eigenvalue weighted by molar-refractivity contribution is 7.14. The highest BCUT2D eigenvalue weighted by Crippen LogP contribution is 2.16. The van der Waals surface area contributed by atoms with Crippen LogP contribution >= 0.6 is 23.7 Å². The summed E-state index contributed by atoms with van der Waals surface area (Å²) in [5.74, 6) is 0.241. The quantitative estimate of drug-likeness (QED) is 0.842. The van der Waals surface area contributed by atoms with Crippen molar-refractivity contribution in [1.29, 1.82) is 0 Å². The molecule has 16 heavy (non-hydrogen) atoms. The van der Waals surface area contributed by atoms with Crippen LogP contribution < -0.4 is 5.32 Å². The maximum Gasteiger partial charge on any atom is 0.174 e. The Morgan fingerprint density at radius 2 is 2.00 bits per heavy atom. The Bertz CT molecular complexity index is 341. The molecule has 0 aromatic carbocycles. The number of ketones is 1. The predicted octanol–water partition coefficient (Wildman–Crippen LogP) is 3.44. The van der Waals surface area contributed by atoms with E-state index in [-0.39, 0.29) is 23.7 Å². The monoisotopic (exact) mass is 261 g/mol. The Morgan fingerprint density at radius 3 is 2.44 bits per heavy atom. The summed E-state index contributed by atoms with van der Waals surface area (Å²) in [6.45, 7) is 9.08. The molecule has 0 bridgehead atoms. The molecule has 4 heteroatoms. The van der Waals surface area contributed by atoms with Gasteiger partial charge in [-0.1, -0.05) is 0 Å². The van der Waals surface area contributed by atoms with Gasteiger partial charge in [0.05, 0.1) is 4.88 Å². The zero-order valence-electron chi connectivity index (χ0n) is 10.3. The Balaban J connectivity index is 0.00000225. The van der Waals surface area contributed by atoms with E-state index >= 15 is 0 Å². The van der Waals surface area contributed by atoms with Gasteiger partial charge in [0.15, 0.2) is 5.78 Å². The van der Waals surface area contributed by atoms with E-state index < -0.39 is 0 Å². The average molecular weight is 262 g/mol. The van der Waals surface area contributed by atoms with Gasteiger partial charge in [-0.25, -0.2) is 0 Å². The SMILES string of the molecule is Cc1ccc(C(=O)CCNC(C)(C)C)s1.Cl. The number of Topliss-reactive ketones (excluding diaryl/α,β-unsaturated/α-hetero) is 1. The van der Waals surface area contributed by atoms with Gasteiger partial charge in [-0.15, -0.1) is 23.7 Å². The minimum Gasteiger partial charge on any atom is -0.312 e. The largest absolute Gasteiger partial charge is 0.312 e. The molecule has 0 unspecified atom stereocenters. The first-order chi connectivity index (χ1) is 6.88. The van der Waals surface area contributed by atoms with Gasteiger partial charge in [-0.2, -0.15) is 0 Å². The molecule has 1 aromatic heterocycles. The fraction of sp³-hybridized carbons (Fsp3) is 0.583. The van der Waals surface area contributed by atoms with Crippen LogP contribution in [0, 0.1) is 6.92 Å².